The van der Waals surface area contributed by atoms with Crippen molar-refractivity contribution in [2.75, 3.05) is 26.7 Å². The number of halogens is 2. The summed E-state index contributed by atoms with van der Waals surface area (Å²) in [5, 5.41) is 0.781. The Labute approximate surface area is 204 Å². The molecule has 2 aromatic carbocycles. The Kier molecular flexibility index (Phi) is 7.72. The number of nitrogens with zero attached hydrogens (tertiary/aromatic N) is 2. The first kappa shape index (κ1) is 23.5. The molecule has 32 heavy (non-hydrogen) atoms. The molecule has 1 amide bonds. The first-order chi connectivity index (χ1) is 15.5. The number of rotatable bonds is 6. The van der Waals surface area contributed by atoms with Crippen molar-refractivity contribution in [2.45, 2.75) is 48.1 Å². The number of para-hydroxylation sites is 1. The van der Waals surface area contributed by atoms with Crippen LogP contribution < -0.4 is 4.74 Å². The average Bonchev–Trinajstić information content (AvgIpc) is 3.36. The molecule has 0 spiro atoms. The molecule has 0 N–H and O–H groups in total. The lowest BCUT2D eigenvalue weighted by molar-refractivity contribution is -0.133. The fourth-order valence-electron chi connectivity index (χ4n) is 4.52. The molecule has 0 bridgehead atoms. The maximum Gasteiger partial charge on any atom is 0.255 e. The van der Waals surface area contributed by atoms with E-state index < -0.39 is 0 Å². The van der Waals surface area contributed by atoms with Crippen molar-refractivity contribution in [3.05, 3.63) is 58.6 Å². The molecule has 2 aliphatic heterocycles. The minimum atomic E-state index is -0.0512. The summed E-state index contributed by atoms with van der Waals surface area (Å²) in [5.74, 6) is 0.719. The molecule has 170 valence electrons. The zero-order chi connectivity index (χ0) is 22.7. The molecule has 2 heterocycles. The SMILES string of the molecule is C=C(C(=O)N1CCCCC1N1CCCC1)c1ccc(Sc2ccccc2OC)c(Cl)c1Cl. The van der Waals surface area contributed by atoms with E-state index >= 15 is 0 Å². The van der Waals surface area contributed by atoms with Gasteiger partial charge < -0.3 is 9.64 Å². The monoisotopic (exact) mass is 490 g/mol. The Morgan fingerprint density at radius 3 is 2.47 bits per heavy atom. The molecule has 0 radical (unpaired) electrons. The molecule has 1 atom stereocenters. The van der Waals surface area contributed by atoms with Crippen LogP contribution in [-0.4, -0.2) is 48.6 Å². The smallest absolute Gasteiger partial charge is 0.255 e. The van der Waals surface area contributed by atoms with Gasteiger partial charge in [-0.05, 0) is 50.3 Å². The van der Waals surface area contributed by atoms with Gasteiger partial charge in [0.25, 0.3) is 5.91 Å². The number of piperidine rings is 1. The Morgan fingerprint density at radius 2 is 1.72 bits per heavy atom. The van der Waals surface area contributed by atoms with Crippen LogP contribution in [0.2, 0.25) is 10.0 Å². The van der Waals surface area contributed by atoms with Gasteiger partial charge in [-0.25, -0.2) is 0 Å². The Morgan fingerprint density at radius 1 is 1.00 bits per heavy atom. The molecule has 2 aliphatic rings. The zero-order valence-electron chi connectivity index (χ0n) is 18.3. The van der Waals surface area contributed by atoms with Crippen LogP contribution in [0.1, 0.15) is 37.7 Å². The second kappa shape index (κ2) is 10.5. The van der Waals surface area contributed by atoms with E-state index in [1.807, 2.05) is 41.3 Å². The van der Waals surface area contributed by atoms with Gasteiger partial charge >= 0.3 is 0 Å². The van der Waals surface area contributed by atoms with Crippen molar-refractivity contribution < 1.29 is 9.53 Å². The summed E-state index contributed by atoms with van der Waals surface area (Å²) in [5.41, 5.74) is 0.994. The van der Waals surface area contributed by atoms with Gasteiger partial charge in [-0.15, -0.1) is 0 Å². The summed E-state index contributed by atoms with van der Waals surface area (Å²) in [6, 6.07) is 11.5. The van der Waals surface area contributed by atoms with Gasteiger partial charge in [-0.2, -0.15) is 0 Å². The van der Waals surface area contributed by atoms with Crippen molar-refractivity contribution >= 4 is 46.4 Å². The predicted octanol–water partition coefficient (Wildman–Crippen LogP) is 6.60. The number of amides is 1. The Balaban J connectivity index is 1.55. The van der Waals surface area contributed by atoms with Crippen LogP contribution >= 0.6 is 35.0 Å². The van der Waals surface area contributed by atoms with Gasteiger partial charge in [-0.3, -0.25) is 9.69 Å². The summed E-state index contributed by atoms with van der Waals surface area (Å²) in [6.07, 6.45) is 5.75. The summed E-state index contributed by atoms with van der Waals surface area (Å²) in [6.45, 7) is 7.00. The van der Waals surface area contributed by atoms with Gasteiger partial charge in [-0.1, -0.05) is 59.7 Å². The topological polar surface area (TPSA) is 32.8 Å². The van der Waals surface area contributed by atoms with E-state index in [-0.39, 0.29) is 12.1 Å². The van der Waals surface area contributed by atoms with E-state index in [2.05, 4.69) is 11.5 Å². The molecule has 2 aromatic rings. The van der Waals surface area contributed by atoms with Crippen LogP contribution in [-0.2, 0) is 4.79 Å². The summed E-state index contributed by atoms with van der Waals surface area (Å²) in [4.78, 5) is 19.6. The van der Waals surface area contributed by atoms with Gasteiger partial charge in [0.2, 0.25) is 0 Å². The number of hydrogen-bond donors (Lipinski definition) is 0. The molecular formula is C25H28Cl2N2O2S. The normalized spacial score (nSPS) is 19.2. The molecule has 2 fully saturated rings. The number of carbonyl (C=O) groups is 1. The Bertz CT molecular complexity index is 1010. The number of carbonyl (C=O) groups excluding carboxylic acids is 1. The van der Waals surface area contributed by atoms with Crippen molar-refractivity contribution in [3.63, 3.8) is 0 Å². The van der Waals surface area contributed by atoms with Crippen molar-refractivity contribution in [2.24, 2.45) is 0 Å². The predicted molar refractivity (Wildman–Crippen MR) is 133 cm³/mol. The van der Waals surface area contributed by atoms with Gasteiger partial charge in [0.1, 0.15) is 5.75 Å². The van der Waals surface area contributed by atoms with Crippen LogP contribution in [0.4, 0.5) is 0 Å². The van der Waals surface area contributed by atoms with Crippen molar-refractivity contribution in [1.29, 1.82) is 0 Å². The lowest BCUT2D eigenvalue weighted by Crippen LogP contribution is -2.52. The number of hydrogen-bond acceptors (Lipinski definition) is 4. The van der Waals surface area contributed by atoms with Gasteiger partial charge in [0.05, 0.1) is 28.2 Å². The number of benzene rings is 2. The second-order valence-corrected chi connectivity index (χ2v) is 10.0. The van der Waals surface area contributed by atoms with E-state index in [9.17, 15) is 4.79 Å². The zero-order valence-corrected chi connectivity index (χ0v) is 20.6. The molecule has 0 aliphatic carbocycles. The van der Waals surface area contributed by atoms with Crippen molar-refractivity contribution in [3.8, 4) is 5.75 Å². The fraction of sp³-hybridized carbons (Fsp3) is 0.400. The highest BCUT2D eigenvalue weighted by molar-refractivity contribution is 7.99. The third-order valence-electron chi connectivity index (χ3n) is 6.21. The summed E-state index contributed by atoms with van der Waals surface area (Å²) < 4.78 is 5.44. The number of ether oxygens (including phenoxy) is 1. The summed E-state index contributed by atoms with van der Waals surface area (Å²) in [7, 11) is 1.64. The highest BCUT2D eigenvalue weighted by Crippen LogP contribution is 2.43. The third kappa shape index (κ3) is 4.81. The van der Waals surface area contributed by atoms with Gasteiger partial charge in [0.15, 0.2) is 0 Å². The molecule has 2 saturated heterocycles. The van der Waals surface area contributed by atoms with E-state index in [0.29, 0.717) is 21.2 Å². The molecular weight excluding hydrogens is 463 g/mol. The molecule has 4 rings (SSSR count). The highest BCUT2D eigenvalue weighted by atomic mass is 35.5. The maximum atomic E-state index is 13.5. The van der Waals surface area contributed by atoms with E-state index in [4.69, 9.17) is 27.9 Å². The largest absolute Gasteiger partial charge is 0.496 e. The maximum absolute atomic E-state index is 13.5. The quantitative estimate of drug-likeness (QED) is 0.426. The van der Waals surface area contributed by atoms with Crippen LogP contribution in [0.15, 0.2) is 52.8 Å². The fourth-order valence-corrected chi connectivity index (χ4v) is 6.10. The molecule has 1 unspecified atom stereocenters. The lowest BCUT2D eigenvalue weighted by atomic mass is 10.0. The number of likely N-dealkylation sites (tertiary alicyclic amines) is 2. The first-order valence-corrected chi connectivity index (χ1v) is 12.6. The molecule has 4 nitrogen and oxygen atoms in total. The van der Waals surface area contributed by atoms with E-state index in [1.54, 1.807) is 7.11 Å². The third-order valence-corrected chi connectivity index (χ3v) is 8.32. The van der Waals surface area contributed by atoms with E-state index in [0.717, 1.165) is 54.4 Å². The van der Waals surface area contributed by atoms with Crippen LogP contribution in [0.3, 0.4) is 0 Å². The molecule has 0 aromatic heterocycles. The first-order valence-electron chi connectivity index (χ1n) is 11.0. The minimum absolute atomic E-state index is 0.0512. The molecule has 7 heteroatoms. The second-order valence-electron chi connectivity index (χ2n) is 8.19. The van der Waals surface area contributed by atoms with Crippen molar-refractivity contribution in [1.82, 2.24) is 9.80 Å². The number of methoxy groups -OCH3 is 1. The standard InChI is InChI=1S/C25H28Cl2N2O2S/c1-17(25(30)29-16-6-5-11-22(29)28-14-7-8-15-28)18-12-13-21(24(27)23(18)26)32-20-10-4-3-9-19(20)31-2/h3-4,9-10,12-13,22H,1,5-8,11,14-16H2,2H3. The average molecular weight is 491 g/mol. The van der Waals surface area contributed by atoms with Crippen LogP contribution in [0.25, 0.3) is 5.57 Å². The highest BCUT2D eigenvalue weighted by Gasteiger charge is 2.34. The minimum Gasteiger partial charge on any atom is -0.496 e. The van der Waals surface area contributed by atoms with Crippen LogP contribution in [0.5, 0.6) is 5.75 Å². The summed E-state index contributed by atoms with van der Waals surface area (Å²) >= 11 is 14.8. The van der Waals surface area contributed by atoms with Crippen LogP contribution in [0, 0.1) is 0 Å². The lowest BCUT2D eigenvalue weighted by Gasteiger charge is -2.41. The van der Waals surface area contributed by atoms with E-state index in [1.165, 1.54) is 24.6 Å². The van der Waals surface area contributed by atoms with Gasteiger partial charge in [0, 0.05) is 35.7 Å². The Hall–Kier alpha value is -1.66. The molecule has 0 saturated carbocycles.